The lowest BCUT2D eigenvalue weighted by Crippen LogP contribution is -2.26. The van der Waals surface area contributed by atoms with Crippen molar-refractivity contribution < 1.29 is 9.63 Å². The first-order valence-electron chi connectivity index (χ1n) is 12.5. The van der Waals surface area contributed by atoms with Crippen LogP contribution in [0.25, 0.3) is 11.3 Å². The van der Waals surface area contributed by atoms with Crippen LogP contribution in [0.1, 0.15) is 101 Å². The molecule has 1 fully saturated rings. The first-order valence-corrected chi connectivity index (χ1v) is 12.5. The fraction of sp³-hybridized carbons (Fsp3) is 0.621. The highest BCUT2D eigenvalue weighted by molar-refractivity contribution is 5.96. The zero-order chi connectivity index (χ0) is 24.6. The molecule has 1 saturated carbocycles. The van der Waals surface area contributed by atoms with Crippen LogP contribution in [0.15, 0.2) is 24.3 Å². The van der Waals surface area contributed by atoms with Gasteiger partial charge >= 0.3 is 0 Å². The lowest BCUT2D eigenvalue weighted by molar-refractivity contribution is -0.0757. The number of hydrogen-bond donors (Lipinski definition) is 0. The van der Waals surface area contributed by atoms with Crippen LogP contribution in [-0.4, -0.2) is 29.7 Å². The SMILES string of the molecule is CON(C)C(=O)c1cc(-c2cc(C(C)(C)C)cc(C(C)(C)C)c2)n(CC2CCCCC2)c1C. The third-order valence-electron chi connectivity index (χ3n) is 7.28. The summed E-state index contributed by atoms with van der Waals surface area (Å²) in [6, 6.07) is 9.10. The quantitative estimate of drug-likeness (QED) is 0.447. The number of hydroxylamine groups is 2. The molecular weight excluding hydrogens is 408 g/mol. The average molecular weight is 453 g/mol. The number of hydrogen-bond acceptors (Lipinski definition) is 2. The Bertz CT molecular complexity index is 950. The van der Waals surface area contributed by atoms with E-state index in [1.54, 1.807) is 7.05 Å². The van der Waals surface area contributed by atoms with Crippen molar-refractivity contribution in [3.8, 4) is 11.3 Å². The maximum absolute atomic E-state index is 13.1. The first kappa shape index (κ1) is 25.6. The molecule has 3 rings (SSSR count). The lowest BCUT2D eigenvalue weighted by atomic mass is 9.79. The summed E-state index contributed by atoms with van der Waals surface area (Å²) < 4.78 is 2.40. The normalized spacial score (nSPS) is 15.7. The Morgan fingerprint density at radius 3 is 2.00 bits per heavy atom. The summed E-state index contributed by atoms with van der Waals surface area (Å²) in [5.74, 6) is 0.571. The standard InChI is InChI=1S/C29H44N2O2/c1-20-25(27(32)30(8)33-9)18-26(31(20)19-21-13-11-10-12-14-21)22-15-23(28(2,3)4)17-24(16-22)29(5,6)7/h15-18,21H,10-14,19H2,1-9H3. The van der Waals surface area contributed by atoms with Crippen LogP contribution >= 0.6 is 0 Å². The molecule has 0 spiro atoms. The predicted octanol–water partition coefficient (Wildman–Crippen LogP) is 7.27. The van der Waals surface area contributed by atoms with Gasteiger partial charge in [-0.05, 0) is 71.4 Å². The summed E-state index contributed by atoms with van der Waals surface area (Å²) in [5.41, 5.74) is 6.84. The van der Waals surface area contributed by atoms with Gasteiger partial charge in [-0.2, -0.15) is 0 Å². The zero-order valence-electron chi connectivity index (χ0n) is 22.3. The van der Waals surface area contributed by atoms with Gasteiger partial charge < -0.3 is 4.57 Å². The third-order valence-corrected chi connectivity index (χ3v) is 7.28. The fourth-order valence-corrected chi connectivity index (χ4v) is 4.86. The number of rotatable bonds is 5. The van der Waals surface area contributed by atoms with Crippen molar-refractivity contribution in [1.82, 2.24) is 9.63 Å². The van der Waals surface area contributed by atoms with E-state index in [4.69, 9.17) is 4.84 Å². The van der Waals surface area contributed by atoms with Gasteiger partial charge in [-0.15, -0.1) is 0 Å². The molecule has 4 heteroatoms. The van der Waals surface area contributed by atoms with Crippen molar-refractivity contribution in [2.45, 2.75) is 97.9 Å². The summed E-state index contributed by atoms with van der Waals surface area (Å²) in [5, 5.41) is 1.32. The summed E-state index contributed by atoms with van der Waals surface area (Å²) in [6.07, 6.45) is 6.51. The summed E-state index contributed by atoms with van der Waals surface area (Å²) in [6.45, 7) is 16.7. The van der Waals surface area contributed by atoms with Crippen molar-refractivity contribution in [3.05, 3.63) is 46.6 Å². The average Bonchev–Trinajstić information content (AvgIpc) is 3.08. The molecule has 1 aromatic carbocycles. The molecule has 182 valence electrons. The minimum atomic E-state index is -0.0957. The second-order valence-corrected chi connectivity index (χ2v) is 11.9. The summed E-state index contributed by atoms with van der Waals surface area (Å²) >= 11 is 0. The number of carbonyl (C=O) groups is 1. The topological polar surface area (TPSA) is 34.5 Å². The van der Waals surface area contributed by atoms with E-state index in [1.807, 2.05) is 0 Å². The first-order chi connectivity index (χ1) is 15.3. The van der Waals surface area contributed by atoms with Gasteiger partial charge in [0.2, 0.25) is 0 Å². The summed E-state index contributed by atoms with van der Waals surface area (Å²) in [7, 11) is 3.22. The fourth-order valence-electron chi connectivity index (χ4n) is 4.86. The smallest absolute Gasteiger partial charge is 0.278 e. The molecule has 1 heterocycles. The van der Waals surface area contributed by atoms with Crippen LogP contribution in [0.3, 0.4) is 0 Å². The van der Waals surface area contributed by atoms with Gasteiger partial charge in [0, 0.05) is 25.0 Å². The van der Waals surface area contributed by atoms with Crippen LogP contribution in [0.5, 0.6) is 0 Å². The molecule has 0 unspecified atom stereocenters. The van der Waals surface area contributed by atoms with E-state index >= 15 is 0 Å². The highest BCUT2D eigenvalue weighted by atomic mass is 16.7. The predicted molar refractivity (Wildman–Crippen MR) is 138 cm³/mol. The molecule has 4 nitrogen and oxygen atoms in total. The van der Waals surface area contributed by atoms with Crippen molar-refractivity contribution >= 4 is 5.91 Å². The molecule has 1 aliphatic carbocycles. The minimum absolute atomic E-state index is 0.0424. The maximum atomic E-state index is 13.1. The van der Waals surface area contributed by atoms with Crippen LogP contribution in [0.4, 0.5) is 0 Å². The molecule has 1 aliphatic rings. The highest BCUT2D eigenvalue weighted by Crippen LogP contribution is 2.37. The third kappa shape index (κ3) is 5.71. The Balaban J connectivity index is 2.20. The molecule has 1 aromatic heterocycles. The molecule has 2 aromatic rings. The second kappa shape index (κ2) is 9.66. The van der Waals surface area contributed by atoms with E-state index in [-0.39, 0.29) is 16.7 Å². The number of benzene rings is 1. The molecular formula is C29H44N2O2. The van der Waals surface area contributed by atoms with Crippen molar-refractivity contribution in [1.29, 1.82) is 0 Å². The number of carbonyl (C=O) groups excluding carboxylic acids is 1. The van der Waals surface area contributed by atoms with Gasteiger partial charge in [-0.25, -0.2) is 5.06 Å². The van der Waals surface area contributed by atoms with Gasteiger partial charge in [-0.3, -0.25) is 9.63 Å². The highest BCUT2D eigenvalue weighted by Gasteiger charge is 2.26. The van der Waals surface area contributed by atoms with E-state index in [0.717, 1.165) is 23.5 Å². The Kier molecular flexibility index (Phi) is 7.48. The van der Waals surface area contributed by atoms with Crippen molar-refractivity contribution in [2.75, 3.05) is 14.2 Å². The van der Waals surface area contributed by atoms with E-state index in [2.05, 4.69) is 77.3 Å². The minimum Gasteiger partial charge on any atom is -0.344 e. The number of amides is 1. The molecule has 0 bridgehead atoms. The number of nitrogens with zero attached hydrogens (tertiary/aromatic N) is 2. The maximum Gasteiger partial charge on any atom is 0.278 e. The molecule has 0 saturated heterocycles. The van der Waals surface area contributed by atoms with Gasteiger partial charge in [0.1, 0.15) is 0 Å². The van der Waals surface area contributed by atoms with Gasteiger partial charge in [0.05, 0.1) is 12.7 Å². The zero-order valence-corrected chi connectivity index (χ0v) is 22.3. The monoisotopic (exact) mass is 452 g/mol. The molecule has 0 N–H and O–H groups in total. The van der Waals surface area contributed by atoms with E-state index in [1.165, 1.54) is 61.0 Å². The van der Waals surface area contributed by atoms with E-state index < -0.39 is 0 Å². The Labute approximate surface area is 201 Å². The van der Waals surface area contributed by atoms with Crippen LogP contribution in [-0.2, 0) is 22.2 Å². The van der Waals surface area contributed by atoms with Crippen molar-refractivity contribution in [2.24, 2.45) is 5.92 Å². The van der Waals surface area contributed by atoms with E-state index in [9.17, 15) is 4.79 Å². The molecule has 33 heavy (non-hydrogen) atoms. The molecule has 0 atom stereocenters. The van der Waals surface area contributed by atoms with Crippen molar-refractivity contribution in [3.63, 3.8) is 0 Å². The largest absolute Gasteiger partial charge is 0.344 e. The van der Waals surface area contributed by atoms with E-state index in [0.29, 0.717) is 5.92 Å². The Morgan fingerprint density at radius 1 is 0.970 bits per heavy atom. The van der Waals surface area contributed by atoms with Crippen LogP contribution in [0, 0.1) is 12.8 Å². The Hall–Kier alpha value is -2.07. The molecule has 1 amide bonds. The van der Waals surface area contributed by atoms with Gasteiger partial charge in [-0.1, -0.05) is 66.9 Å². The second-order valence-electron chi connectivity index (χ2n) is 11.9. The lowest BCUT2D eigenvalue weighted by Gasteiger charge is -2.27. The molecule has 0 aliphatic heterocycles. The molecule has 0 radical (unpaired) electrons. The van der Waals surface area contributed by atoms with Crippen LogP contribution in [0.2, 0.25) is 0 Å². The summed E-state index contributed by atoms with van der Waals surface area (Å²) in [4.78, 5) is 18.4. The van der Waals surface area contributed by atoms with Gasteiger partial charge in [0.15, 0.2) is 0 Å². The van der Waals surface area contributed by atoms with Gasteiger partial charge in [0.25, 0.3) is 5.91 Å². The number of aromatic nitrogens is 1. The van der Waals surface area contributed by atoms with Crippen LogP contribution < -0.4 is 0 Å². The Morgan fingerprint density at radius 2 is 1.52 bits per heavy atom.